The Labute approximate surface area is 131 Å². The average Bonchev–Trinajstić information content (AvgIpc) is 2.96. The van der Waals surface area contributed by atoms with Crippen LogP contribution in [-0.4, -0.2) is 4.57 Å². The summed E-state index contributed by atoms with van der Waals surface area (Å²) in [4.78, 5) is 0. The van der Waals surface area contributed by atoms with Gasteiger partial charge in [-0.25, -0.2) is 8.78 Å². The van der Waals surface area contributed by atoms with Crippen LogP contribution in [0.3, 0.4) is 0 Å². The zero-order valence-electron chi connectivity index (χ0n) is 12.2. The van der Waals surface area contributed by atoms with Crippen molar-refractivity contribution in [3.8, 4) is 11.4 Å². The molecule has 0 atom stereocenters. The van der Waals surface area contributed by atoms with Gasteiger partial charge < -0.3 is 0 Å². The Morgan fingerprint density at radius 3 is 2.00 bits per heavy atom. The summed E-state index contributed by atoms with van der Waals surface area (Å²) in [7, 11) is 0. The van der Waals surface area contributed by atoms with E-state index in [1.54, 1.807) is 24.3 Å². The molecule has 4 aromatic rings. The first-order chi connectivity index (χ1) is 11.2. The normalized spacial score (nSPS) is 11.0. The van der Waals surface area contributed by atoms with Crippen LogP contribution in [-0.2, 0) is 0 Å². The molecule has 0 fully saturated rings. The lowest BCUT2D eigenvalue weighted by molar-refractivity contribution is -0.567. The molecule has 0 aliphatic heterocycles. The Kier molecular flexibility index (Phi) is 3.15. The largest absolute Gasteiger partial charge is 0.255 e. The molecule has 0 aliphatic carbocycles. The molecule has 0 saturated heterocycles. The lowest BCUT2D eigenvalue weighted by Gasteiger charge is -1.96. The zero-order chi connectivity index (χ0) is 15.8. The van der Waals surface area contributed by atoms with Crippen molar-refractivity contribution < 1.29 is 13.3 Å². The van der Waals surface area contributed by atoms with Crippen LogP contribution < -0.4 is 4.57 Å². The topological polar surface area (TPSA) is 8.81 Å². The van der Waals surface area contributed by atoms with Crippen LogP contribution in [0, 0.1) is 11.6 Å². The summed E-state index contributed by atoms with van der Waals surface area (Å²) in [5, 5.41) is 0. The Hall–Kier alpha value is -3.01. The quantitative estimate of drug-likeness (QED) is 0.491. The molecule has 0 bridgehead atoms. The molecular formula is C19H13F2N2+. The molecule has 3 aromatic carbocycles. The van der Waals surface area contributed by atoms with Crippen LogP contribution in [0.15, 0.2) is 79.1 Å². The minimum Gasteiger partial charge on any atom is -0.207 e. The molecular weight excluding hydrogens is 294 g/mol. The number of hydrogen-bond donors (Lipinski definition) is 0. The highest BCUT2D eigenvalue weighted by atomic mass is 19.1. The summed E-state index contributed by atoms with van der Waals surface area (Å²) >= 11 is 0. The minimum atomic E-state index is -0.267. The van der Waals surface area contributed by atoms with Gasteiger partial charge in [-0.3, -0.25) is 0 Å². The third-order valence-corrected chi connectivity index (χ3v) is 3.84. The first-order valence-corrected chi connectivity index (χ1v) is 7.26. The fourth-order valence-electron chi connectivity index (χ4n) is 2.73. The van der Waals surface area contributed by atoms with E-state index < -0.39 is 0 Å². The molecule has 0 unspecified atom stereocenters. The van der Waals surface area contributed by atoms with Gasteiger partial charge in [-0.2, -0.15) is 9.13 Å². The van der Waals surface area contributed by atoms with Crippen LogP contribution in [0.5, 0.6) is 0 Å². The predicted octanol–water partition coefficient (Wildman–Crippen LogP) is 4.19. The van der Waals surface area contributed by atoms with Crippen LogP contribution in [0.1, 0.15) is 0 Å². The number of nitrogens with zero attached hydrogens (tertiary/aromatic N) is 2. The maximum atomic E-state index is 13.2. The van der Waals surface area contributed by atoms with Gasteiger partial charge in [0.2, 0.25) is 0 Å². The molecule has 23 heavy (non-hydrogen) atoms. The number of benzene rings is 3. The second-order valence-electron chi connectivity index (χ2n) is 5.30. The van der Waals surface area contributed by atoms with Crippen molar-refractivity contribution in [1.29, 1.82) is 0 Å². The van der Waals surface area contributed by atoms with Gasteiger partial charge in [-0.05, 0) is 60.7 Å². The Morgan fingerprint density at radius 1 is 0.696 bits per heavy atom. The Bertz CT molecular complexity index is 891. The standard InChI is InChI=1S/C19H13F2N2/c20-14-5-9-16(10-6-14)22-13-23(17-11-7-15(21)8-12-17)19-4-2-1-3-18(19)22/h1-13H/q+1. The van der Waals surface area contributed by atoms with Gasteiger partial charge in [0.15, 0.2) is 11.0 Å². The molecule has 2 nitrogen and oxygen atoms in total. The fraction of sp³-hybridized carbons (Fsp3) is 0. The van der Waals surface area contributed by atoms with E-state index in [1.807, 2.05) is 39.7 Å². The predicted molar refractivity (Wildman–Crippen MR) is 84.7 cm³/mol. The molecule has 0 N–H and O–H groups in total. The van der Waals surface area contributed by atoms with E-state index >= 15 is 0 Å². The highest BCUT2D eigenvalue weighted by Crippen LogP contribution is 2.19. The number of imidazole rings is 1. The van der Waals surface area contributed by atoms with E-state index in [-0.39, 0.29) is 11.6 Å². The van der Waals surface area contributed by atoms with E-state index in [0.29, 0.717) is 0 Å². The van der Waals surface area contributed by atoms with E-state index in [0.717, 1.165) is 22.4 Å². The second-order valence-corrected chi connectivity index (χ2v) is 5.30. The summed E-state index contributed by atoms with van der Waals surface area (Å²) in [6.45, 7) is 0. The molecule has 0 aliphatic rings. The van der Waals surface area contributed by atoms with E-state index in [1.165, 1.54) is 24.3 Å². The first-order valence-electron chi connectivity index (χ1n) is 7.26. The van der Waals surface area contributed by atoms with Crippen molar-refractivity contribution in [3.05, 3.63) is 90.8 Å². The molecule has 112 valence electrons. The zero-order valence-corrected chi connectivity index (χ0v) is 12.2. The molecule has 4 heteroatoms. The molecule has 1 aromatic heterocycles. The SMILES string of the molecule is Fc1ccc(-n2c[n+](-c3ccc(F)cc3)c3ccccc32)cc1. The summed E-state index contributed by atoms with van der Waals surface area (Å²) < 4.78 is 30.3. The second kappa shape index (κ2) is 5.32. The monoisotopic (exact) mass is 307 g/mol. The van der Waals surface area contributed by atoms with E-state index in [4.69, 9.17) is 0 Å². The molecule has 0 radical (unpaired) electrons. The number of hydrogen-bond acceptors (Lipinski definition) is 0. The third kappa shape index (κ3) is 2.38. The van der Waals surface area contributed by atoms with Gasteiger partial charge >= 0.3 is 0 Å². The van der Waals surface area contributed by atoms with Crippen molar-refractivity contribution in [2.45, 2.75) is 0 Å². The molecule has 1 heterocycles. The third-order valence-electron chi connectivity index (χ3n) is 3.84. The number of rotatable bonds is 2. The highest BCUT2D eigenvalue weighted by Gasteiger charge is 2.18. The summed E-state index contributed by atoms with van der Waals surface area (Å²) in [6, 6.07) is 20.6. The highest BCUT2D eigenvalue weighted by molar-refractivity contribution is 5.74. The number of para-hydroxylation sites is 2. The van der Waals surface area contributed by atoms with Gasteiger partial charge in [-0.1, -0.05) is 12.1 Å². The fourth-order valence-corrected chi connectivity index (χ4v) is 2.73. The van der Waals surface area contributed by atoms with Crippen LogP contribution in [0.25, 0.3) is 22.4 Å². The number of fused-ring (bicyclic) bond motifs is 1. The molecule has 4 rings (SSSR count). The maximum Gasteiger partial charge on any atom is 0.255 e. The summed E-state index contributed by atoms with van der Waals surface area (Å²) in [5.41, 5.74) is 3.71. The smallest absolute Gasteiger partial charge is 0.207 e. The van der Waals surface area contributed by atoms with Crippen molar-refractivity contribution in [2.24, 2.45) is 0 Å². The van der Waals surface area contributed by atoms with Gasteiger partial charge in [-0.15, -0.1) is 0 Å². The van der Waals surface area contributed by atoms with Gasteiger partial charge in [0.25, 0.3) is 6.33 Å². The average molecular weight is 307 g/mol. The van der Waals surface area contributed by atoms with Crippen LogP contribution >= 0.6 is 0 Å². The first kappa shape index (κ1) is 13.6. The van der Waals surface area contributed by atoms with Crippen LogP contribution in [0.2, 0.25) is 0 Å². The summed E-state index contributed by atoms with van der Waals surface area (Å²) in [5.74, 6) is -0.534. The number of halogens is 2. The van der Waals surface area contributed by atoms with Gasteiger partial charge in [0, 0.05) is 0 Å². The van der Waals surface area contributed by atoms with E-state index in [9.17, 15) is 8.78 Å². The molecule has 0 spiro atoms. The minimum absolute atomic E-state index is 0.267. The van der Waals surface area contributed by atoms with E-state index in [2.05, 4.69) is 0 Å². The van der Waals surface area contributed by atoms with Gasteiger partial charge in [0.1, 0.15) is 23.0 Å². The van der Waals surface area contributed by atoms with Crippen molar-refractivity contribution >= 4 is 11.0 Å². The Balaban J connectivity index is 1.96. The lowest BCUT2D eigenvalue weighted by atomic mass is 10.2. The van der Waals surface area contributed by atoms with Crippen molar-refractivity contribution in [2.75, 3.05) is 0 Å². The summed E-state index contributed by atoms with van der Waals surface area (Å²) in [6.07, 6.45) is 1.92. The van der Waals surface area contributed by atoms with Crippen LogP contribution in [0.4, 0.5) is 8.78 Å². The maximum absolute atomic E-state index is 13.2. The Morgan fingerprint density at radius 2 is 1.30 bits per heavy atom. The molecule has 0 saturated carbocycles. The number of aromatic nitrogens is 2. The lowest BCUT2D eigenvalue weighted by Crippen LogP contribution is -2.28. The van der Waals surface area contributed by atoms with Crippen molar-refractivity contribution in [3.63, 3.8) is 0 Å². The molecule has 0 amide bonds. The van der Waals surface area contributed by atoms with Gasteiger partial charge in [0.05, 0.1) is 0 Å². The van der Waals surface area contributed by atoms with Crippen molar-refractivity contribution in [1.82, 2.24) is 4.57 Å².